The maximum atomic E-state index is 12.9. The Bertz CT molecular complexity index is 337. The van der Waals surface area contributed by atoms with Crippen molar-refractivity contribution in [3.8, 4) is 0 Å². The normalized spacial score (nSPS) is 14.8. The lowest BCUT2D eigenvalue weighted by Crippen LogP contribution is -2.37. The molecule has 90 valence electrons. The third-order valence-corrected chi connectivity index (χ3v) is 2.94. The van der Waals surface area contributed by atoms with Crippen molar-refractivity contribution in [3.63, 3.8) is 0 Å². The fourth-order valence-corrected chi connectivity index (χ4v) is 1.92. The van der Waals surface area contributed by atoms with Gasteiger partial charge >= 0.3 is 0 Å². The highest BCUT2D eigenvalue weighted by molar-refractivity contribution is 5.27. The highest BCUT2D eigenvalue weighted by atomic mass is 19.1. The first-order valence-corrected chi connectivity index (χ1v) is 5.61. The second-order valence-corrected chi connectivity index (χ2v) is 4.12. The molecule has 0 radical (unpaired) electrons. The summed E-state index contributed by atoms with van der Waals surface area (Å²) in [5, 5.41) is 0. The van der Waals surface area contributed by atoms with Crippen LogP contribution in [0.1, 0.15) is 24.5 Å². The van der Waals surface area contributed by atoms with Crippen LogP contribution in [0.25, 0.3) is 0 Å². The van der Waals surface area contributed by atoms with Crippen molar-refractivity contribution in [3.05, 3.63) is 35.1 Å². The SMILES string of the molecule is CCC(OC)C(N)Cc1ccc(F)cc1C. The van der Waals surface area contributed by atoms with Crippen molar-refractivity contribution in [1.82, 2.24) is 0 Å². The van der Waals surface area contributed by atoms with Crippen molar-refractivity contribution >= 4 is 0 Å². The second kappa shape index (κ2) is 5.97. The second-order valence-electron chi connectivity index (χ2n) is 4.12. The quantitative estimate of drug-likeness (QED) is 0.835. The molecule has 0 aliphatic carbocycles. The zero-order valence-corrected chi connectivity index (χ0v) is 10.2. The summed E-state index contributed by atoms with van der Waals surface area (Å²) in [5.41, 5.74) is 8.09. The van der Waals surface area contributed by atoms with E-state index in [4.69, 9.17) is 10.5 Å². The summed E-state index contributed by atoms with van der Waals surface area (Å²) >= 11 is 0. The smallest absolute Gasteiger partial charge is 0.123 e. The van der Waals surface area contributed by atoms with Crippen LogP contribution in [0.2, 0.25) is 0 Å². The minimum atomic E-state index is -0.200. The molecular formula is C13H20FNO. The van der Waals surface area contributed by atoms with Gasteiger partial charge in [0.2, 0.25) is 0 Å². The lowest BCUT2D eigenvalue weighted by Gasteiger charge is -2.21. The number of nitrogens with two attached hydrogens (primary N) is 1. The molecule has 0 amide bonds. The van der Waals surface area contributed by atoms with E-state index in [1.165, 1.54) is 12.1 Å². The molecule has 0 saturated carbocycles. The van der Waals surface area contributed by atoms with Gasteiger partial charge in [-0.25, -0.2) is 4.39 Å². The summed E-state index contributed by atoms with van der Waals surface area (Å²) in [5.74, 6) is -0.200. The fraction of sp³-hybridized carbons (Fsp3) is 0.538. The molecule has 2 unspecified atom stereocenters. The van der Waals surface area contributed by atoms with Crippen molar-refractivity contribution in [1.29, 1.82) is 0 Å². The topological polar surface area (TPSA) is 35.2 Å². The number of benzene rings is 1. The molecule has 0 bridgehead atoms. The largest absolute Gasteiger partial charge is 0.380 e. The van der Waals surface area contributed by atoms with Gasteiger partial charge in [0.15, 0.2) is 0 Å². The molecule has 16 heavy (non-hydrogen) atoms. The van der Waals surface area contributed by atoms with Crippen molar-refractivity contribution in [2.75, 3.05) is 7.11 Å². The van der Waals surface area contributed by atoms with Gasteiger partial charge in [-0.15, -0.1) is 0 Å². The molecule has 2 N–H and O–H groups in total. The van der Waals surface area contributed by atoms with E-state index in [2.05, 4.69) is 0 Å². The molecule has 0 spiro atoms. The summed E-state index contributed by atoms with van der Waals surface area (Å²) in [4.78, 5) is 0. The summed E-state index contributed by atoms with van der Waals surface area (Å²) in [6, 6.07) is 4.77. The lowest BCUT2D eigenvalue weighted by atomic mass is 9.97. The van der Waals surface area contributed by atoms with E-state index < -0.39 is 0 Å². The van der Waals surface area contributed by atoms with E-state index in [0.717, 1.165) is 24.0 Å². The van der Waals surface area contributed by atoms with Gasteiger partial charge in [-0.05, 0) is 43.0 Å². The van der Waals surface area contributed by atoms with Gasteiger partial charge < -0.3 is 10.5 Å². The Morgan fingerprint density at radius 2 is 2.12 bits per heavy atom. The van der Waals surface area contributed by atoms with E-state index in [9.17, 15) is 4.39 Å². The van der Waals surface area contributed by atoms with E-state index in [0.29, 0.717) is 0 Å². The Kier molecular flexibility index (Phi) is 4.90. The first-order valence-electron chi connectivity index (χ1n) is 5.61. The Morgan fingerprint density at radius 3 is 2.62 bits per heavy atom. The lowest BCUT2D eigenvalue weighted by molar-refractivity contribution is 0.0773. The molecule has 2 nitrogen and oxygen atoms in total. The molecule has 1 rings (SSSR count). The zero-order valence-electron chi connectivity index (χ0n) is 10.2. The van der Waals surface area contributed by atoms with Gasteiger partial charge in [0.05, 0.1) is 6.10 Å². The van der Waals surface area contributed by atoms with Crippen LogP contribution in [0.5, 0.6) is 0 Å². The predicted octanol–water partition coefficient (Wildman–Crippen LogP) is 2.43. The monoisotopic (exact) mass is 225 g/mol. The van der Waals surface area contributed by atoms with Gasteiger partial charge in [-0.2, -0.15) is 0 Å². The molecule has 1 aromatic rings. The van der Waals surface area contributed by atoms with Crippen LogP contribution in [-0.2, 0) is 11.2 Å². The number of hydrogen-bond acceptors (Lipinski definition) is 2. The highest BCUT2D eigenvalue weighted by Crippen LogP contribution is 2.14. The van der Waals surface area contributed by atoms with Crippen molar-refractivity contribution in [2.45, 2.75) is 38.8 Å². The molecule has 1 aromatic carbocycles. The first-order chi connectivity index (χ1) is 7.58. The van der Waals surface area contributed by atoms with E-state index in [-0.39, 0.29) is 18.0 Å². The van der Waals surface area contributed by atoms with Crippen LogP contribution in [0.15, 0.2) is 18.2 Å². The number of hydrogen-bond donors (Lipinski definition) is 1. The standard InChI is InChI=1S/C13H20FNO/c1-4-13(16-3)12(15)8-10-5-6-11(14)7-9(10)2/h5-7,12-13H,4,8,15H2,1-3H3. The molecule has 0 aliphatic rings. The van der Waals surface area contributed by atoms with Crippen LogP contribution < -0.4 is 5.73 Å². The Labute approximate surface area is 96.6 Å². The minimum absolute atomic E-state index is 0.0424. The summed E-state index contributed by atoms with van der Waals surface area (Å²) in [7, 11) is 1.67. The summed E-state index contributed by atoms with van der Waals surface area (Å²) < 4.78 is 18.2. The van der Waals surface area contributed by atoms with Crippen LogP contribution in [0.3, 0.4) is 0 Å². The van der Waals surface area contributed by atoms with Gasteiger partial charge in [-0.1, -0.05) is 13.0 Å². The minimum Gasteiger partial charge on any atom is -0.380 e. The number of rotatable bonds is 5. The van der Waals surface area contributed by atoms with E-state index in [1.54, 1.807) is 13.2 Å². The molecule has 0 aliphatic heterocycles. The van der Waals surface area contributed by atoms with E-state index >= 15 is 0 Å². The van der Waals surface area contributed by atoms with Gasteiger partial charge in [0.25, 0.3) is 0 Å². The molecule has 0 heterocycles. The number of ether oxygens (including phenoxy) is 1. The molecule has 0 aromatic heterocycles. The first kappa shape index (κ1) is 13.1. The fourth-order valence-electron chi connectivity index (χ4n) is 1.92. The number of methoxy groups -OCH3 is 1. The predicted molar refractivity (Wildman–Crippen MR) is 63.9 cm³/mol. The molecular weight excluding hydrogens is 205 g/mol. The third kappa shape index (κ3) is 3.29. The Balaban J connectivity index is 2.72. The van der Waals surface area contributed by atoms with Crippen LogP contribution in [0, 0.1) is 12.7 Å². The van der Waals surface area contributed by atoms with Crippen LogP contribution in [0.4, 0.5) is 4.39 Å². The van der Waals surface area contributed by atoms with Gasteiger partial charge in [-0.3, -0.25) is 0 Å². The number of halogens is 1. The van der Waals surface area contributed by atoms with Gasteiger partial charge in [0, 0.05) is 13.2 Å². The Morgan fingerprint density at radius 1 is 1.44 bits per heavy atom. The third-order valence-electron chi connectivity index (χ3n) is 2.94. The average molecular weight is 225 g/mol. The molecule has 0 fully saturated rings. The highest BCUT2D eigenvalue weighted by Gasteiger charge is 2.16. The van der Waals surface area contributed by atoms with Gasteiger partial charge in [0.1, 0.15) is 5.82 Å². The van der Waals surface area contributed by atoms with Crippen molar-refractivity contribution < 1.29 is 9.13 Å². The number of aryl methyl sites for hydroxylation is 1. The maximum Gasteiger partial charge on any atom is 0.123 e. The molecule has 2 atom stereocenters. The zero-order chi connectivity index (χ0) is 12.1. The summed E-state index contributed by atoms with van der Waals surface area (Å²) in [6.45, 7) is 3.95. The van der Waals surface area contributed by atoms with E-state index in [1.807, 2.05) is 13.8 Å². The average Bonchev–Trinajstić information content (AvgIpc) is 2.24. The molecule has 0 saturated heterocycles. The van der Waals surface area contributed by atoms with Crippen LogP contribution in [-0.4, -0.2) is 19.3 Å². The maximum absolute atomic E-state index is 12.9. The Hall–Kier alpha value is -0.930. The summed E-state index contributed by atoms with van der Waals surface area (Å²) in [6.07, 6.45) is 1.67. The molecule has 3 heteroatoms. The van der Waals surface area contributed by atoms with Crippen molar-refractivity contribution in [2.24, 2.45) is 5.73 Å². The van der Waals surface area contributed by atoms with Crippen LogP contribution >= 0.6 is 0 Å².